The topological polar surface area (TPSA) is 82.4 Å². The summed E-state index contributed by atoms with van der Waals surface area (Å²) in [7, 11) is 0. The molecule has 0 aliphatic heterocycles. The second kappa shape index (κ2) is 10.4. The highest BCUT2D eigenvalue weighted by Gasteiger charge is 2.13. The lowest BCUT2D eigenvalue weighted by Gasteiger charge is -2.15. The van der Waals surface area contributed by atoms with Crippen LogP contribution in [0.15, 0.2) is 49.1 Å². The van der Waals surface area contributed by atoms with Gasteiger partial charge in [-0.05, 0) is 48.2 Å². The molecule has 0 saturated heterocycles. The van der Waals surface area contributed by atoms with Gasteiger partial charge >= 0.3 is 0 Å². The van der Waals surface area contributed by atoms with Crippen LogP contribution in [0.5, 0.6) is 11.5 Å². The van der Waals surface area contributed by atoms with Crippen LogP contribution in [0.1, 0.15) is 34.0 Å². The predicted molar refractivity (Wildman–Crippen MR) is 110 cm³/mol. The molecule has 0 unspecified atom stereocenters. The van der Waals surface area contributed by atoms with Crippen LogP contribution < -0.4 is 14.6 Å². The SMILES string of the molecule is C#CCOc1c(CC=C)cc(/C=C(/C#N)c2ccc(C(=O)[O-])cc2)cc1OCC. The third-order valence-electron chi connectivity index (χ3n) is 3.98. The van der Waals surface area contributed by atoms with E-state index in [-0.39, 0.29) is 12.2 Å². The van der Waals surface area contributed by atoms with Crippen LogP contribution in [-0.4, -0.2) is 19.2 Å². The number of carbonyl (C=O) groups excluding carboxylic acids is 1. The van der Waals surface area contributed by atoms with Crippen LogP contribution in [0, 0.1) is 23.7 Å². The van der Waals surface area contributed by atoms with Crippen LogP contribution in [-0.2, 0) is 6.42 Å². The van der Waals surface area contributed by atoms with Crippen LogP contribution >= 0.6 is 0 Å². The molecular formula is C24H20NO4-. The van der Waals surface area contributed by atoms with Crippen LogP contribution in [0.25, 0.3) is 11.6 Å². The summed E-state index contributed by atoms with van der Waals surface area (Å²) in [5.41, 5.74) is 2.58. The van der Waals surface area contributed by atoms with Crippen molar-refractivity contribution in [2.45, 2.75) is 13.3 Å². The van der Waals surface area contributed by atoms with E-state index in [9.17, 15) is 15.2 Å². The maximum atomic E-state index is 10.9. The van der Waals surface area contributed by atoms with E-state index in [4.69, 9.17) is 15.9 Å². The summed E-state index contributed by atoms with van der Waals surface area (Å²) in [6.45, 7) is 6.17. The van der Waals surface area contributed by atoms with Crippen molar-refractivity contribution in [3.05, 3.63) is 71.3 Å². The van der Waals surface area contributed by atoms with Crippen molar-refractivity contribution < 1.29 is 19.4 Å². The zero-order valence-corrected chi connectivity index (χ0v) is 16.1. The van der Waals surface area contributed by atoms with E-state index in [0.717, 1.165) is 11.1 Å². The van der Waals surface area contributed by atoms with Gasteiger partial charge in [-0.25, -0.2) is 0 Å². The molecule has 146 valence electrons. The number of hydrogen-bond acceptors (Lipinski definition) is 5. The molecule has 0 radical (unpaired) electrons. The molecule has 0 saturated carbocycles. The molecule has 0 aromatic heterocycles. The fourth-order valence-corrected chi connectivity index (χ4v) is 2.75. The number of benzene rings is 2. The lowest BCUT2D eigenvalue weighted by molar-refractivity contribution is -0.255. The van der Waals surface area contributed by atoms with E-state index < -0.39 is 5.97 Å². The number of ether oxygens (including phenoxy) is 2. The first-order valence-electron chi connectivity index (χ1n) is 8.94. The van der Waals surface area contributed by atoms with Crippen molar-refractivity contribution in [3.8, 4) is 29.9 Å². The third kappa shape index (κ3) is 5.51. The van der Waals surface area contributed by atoms with Gasteiger partial charge in [-0.2, -0.15) is 5.26 Å². The molecule has 0 heterocycles. The Kier molecular flexibility index (Phi) is 7.65. The number of nitrogens with zero attached hydrogens (tertiary/aromatic N) is 1. The highest BCUT2D eigenvalue weighted by atomic mass is 16.5. The summed E-state index contributed by atoms with van der Waals surface area (Å²) in [6, 6.07) is 11.7. The number of allylic oxidation sites excluding steroid dienone is 2. The minimum absolute atomic E-state index is 0.0490. The Labute approximate surface area is 170 Å². The first-order chi connectivity index (χ1) is 14.0. The van der Waals surface area contributed by atoms with Crippen LogP contribution in [0.3, 0.4) is 0 Å². The molecule has 2 aromatic rings. The Morgan fingerprint density at radius 1 is 1.24 bits per heavy atom. The van der Waals surface area contributed by atoms with Gasteiger partial charge in [0.1, 0.15) is 6.61 Å². The van der Waals surface area contributed by atoms with Gasteiger partial charge < -0.3 is 19.4 Å². The number of carboxylic acid groups (broad SMARTS) is 1. The smallest absolute Gasteiger partial charge is 0.166 e. The molecule has 0 fully saturated rings. The third-order valence-corrected chi connectivity index (χ3v) is 3.98. The van der Waals surface area contributed by atoms with Crippen molar-refractivity contribution in [2.75, 3.05) is 13.2 Å². The van der Waals surface area contributed by atoms with Crippen LogP contribution in [0.4, 0.5) is 0 Å². The molecule has 0 N–H and O–H groups in total. The van der Waals surface area contributed by atoms with Gasteiger partial charge in [0, 0.05) is 5.56 Å². The summed E-state index contributed by atoms with van der Waals surface area (Å²) in [4.78, 5) is 10.9. The molecule has 0 aliphatic rings. The summed E-state index contributed by atoms with van der Waals surface area (Å²) >= 11 is 0. The summed E-state index contributed by atoms with van der Waals surface area (Å²) in [5, 5.41) is 20.5. The van der Waals surface area contributed by atoms with Crippen molar-refractivity contribution in [2.24, 2.45) is 0 Å². The minimum atomic E-state index is -1.27. The van der Waals surface area contributed by atoms with Gasteiger partial charge in [-0.3, -0.25) is 0 Å². The molecular weight excluding hydrogens is 366 g/mol. The lowest BCUT2D eigenvalue weighted by atomic mass is 10.00. The quantitative estimate of drug-likeness (QED) is 0.286. The van der Waals surface area contributed by atoms with Gasteiger partial charge in [0.05, 0.1) is 24.2 Å². The number of carbonyl (C=O) groups is 1. The summed E-state index contributed by atoms with van der Waals surface area (Å²) in [5.74, 6) is 2.25. The number of aromatic carboxylic acids is 1. The largest absolute Gasteiger partial charge is 0.545 e. The number of hydrogen-bond donors (Lipinski definition) is 0. The van der Waals surface area contributed by atoms with Gasteiger partial charge in [-0.1, -0.05) is 36.3 Å². The number of terminal acetylenes is 1. The summed E-state index contributed by atoms with van der Waals surface area (Å²) in [6.07, 6.45) is 9.29. The second-order valence-corrected chi connectivity index (χ2v) is 5.96. The van der Waals surface area contributed by atoms with Gasteiger partial charge in [0.15, 0.2) is 11.5 Å². The normalized spacial score (nSPS) is 10.5. The Balaban J connectivity index is 2.53. The van der Waals surface area contributed by atoms with E-state index in [0.29, 0.717) is 35.7 Å². The van der Waals surface area contributed by atoms with Crippen molar-refractivity contribution in [1.29, 1.82) is 5.26 Å². The fraction of sp³-hybridized carbons (Fsp3) is 0.167. The molecule has 0 atom stereocenters. The Morgan fingerprint density at radius 3 is 2.48 bits per heavy atom. The van der Waals surface area contributed by atoms with E-state index in [1.807, 2.05) is 13.0 Å². The lowest BCUT2D eigenvalue weighted by Crippen LogP contribution is -2.21. The van der Waals surface area contributed by atoms with Crippen molar-refractivity contribution >= 4 is 17.6 Å². The molecule has 5 nitrogen and oxygen atoms in total. The Morgan fingerprint density at radius 2 is 1.93 bits per heavy atom. The molecule has 2 aromatic carbocycles. The molecule has 0 aliphatic carbocycles. The number of carboxylic acids is 1. The first kappa shape index (κ1) is 21.3. The molecule has 5 heteroatoms. The standard InChI is InChI=1S/C24H21NO4/c1-4-7-20-13-17(15-22(28-6-3)23(20)29-12-5-2)14-21(16-25)18-8-10-19(11-9-18)24(26)27/h2,4,8-11,13-15H,1,6-7,12H2,3H3,(H,26,27)/p-1/b21-14-. The van der Waals surface area contributed by atoms with E-state index in [2.05, 4.69) is 18.6 Å². The maximum Gasteiger partial charge on any atom is 0.166 e. The Bertz CT molecular complexity index is 1000. The second-order valence-electron chi connectivity index (χ2n) is 5.96. The average Bonchev–Trinajstić information content (AvgIpc) is 2.72. The molecule has 2 rings (SSSR count). The van der Waals surface area contributed by atoms with Crippen LogP contribution in [0.2, 0.25) is 0 Å². The van der Waals surface area contributed by atoms with E-state index in [1.165, 1.54) is 12.1 Å². The highest BCUT2D eigenvalue weighted by molar-refractivity contribution is 5.91. The number of nitriles is 1. The fourth-order valence-electron chi connectivity index (χ4n) is 2.75. The molecule has 29 heavy (non-hydrogen) atoms. The zero-order valence-electron chi connectivity index (χ0n) is 16.1. The molecule has 0 bridgehead atoms. The van der Waals surface area contributed by atoms with E-state index in [1.54, 1.807) is 30.4 Å². The molecule has 0 spiro atoms. The minimum Gasteiger partial charge on any atom is -0.545 e. The highest BCUT2D eigenvalue weighted by Crippen LogP contribution is 2.35. The molecule has 0 amide bonds. The Hall–Kier alpha value is -3.96. The van der Waals surface area contributed by atoms with Gasteiger partial charge in [0.2, 0.25) is 0 Å². The predicted octanol–water partition coefficient (Wildman–Crippen LogP) is 3.25. The number of rotatable bonds is 9. The van der Waals surface area contributed by atoms with Gasteiger partial charge in [-0.15, -0.1) is 13.0 Å². The average molecular weight is 386 g/mol. The summed E-state index contributed by atoms with van der Waals surface area (Å²) < 4.78 is 11.4. The first-order valence-corrected chi connectivity index (χ1v) is 8.94. The van der Waals surface area contributed by atoms with Gasteiger partial charge in [0.25, 0.3) is 0 Å². The van der Waals surface area contributed by atoms with Crippen molar-refractivity contribution in [1.82, 2.24) is 0 Å². The zero-order chi connectivity index (χ0) is 21.2. The van der Waals surface area contributed by atoms with E-state index >= 15 is 0 Å². The van der Waals surface area contributed by atoms with Crippen molar-refractivity contribution in [3.63, 3.8) is 0 Å². The monoisotopic (exact) mass is 386 g/mol. The maximum absolute atomic E-state index is 10.9.